The molecule has 0 spiro atoms. The molecule has 1 saturated heterocycles. The molecule has 1 aliphatic rings. The van der Waals surface area contributed by atoms with Crippen LogP contribution in [-0.2, 0) is 18.9 Å². The maximum absolute atomic E-state index is 13.1. The van der Waals surface area contributed by atoms with Gasteiger partial charge in [-0.05, 0) is 35.9 Å². The summed E-state index contributed by atoms with van der Waals surface area (Å²) in [5, 5.41) is 0. The minimum absolute atomic E-state index is 0.0794. The van der Waals surface area contributed by atoms with E-state index in [1.165, 1.54) is 0 Å². The molecule has 32 heavy (non-hydrogen) atoms. The van der Waals surface area contributed by atoms with E-state index in [0.29, 0.717) is 18.6 Å². The lowest BCUT2D eigenvalue weighted by molar-refractivity contribution is -0.143. The molecule has 0 unspecified atom stereocenters. The number of nitrogens with one attached hydrogen (secondary N) is 1. The van der Waals surface area contributed by atoms with Crippen LogP contribution in [0.5, 0.6) is 0 Å². The lowest BCUT2D eigenvalue weighted by Crippen LogP contribution is -2.48. The largest absolute Gasteiger partial charge is 0.416 e. The van der Waals surface area contributed by atoms with Gasteiger partial charge in [0.15, 0.2) is 5.82 Å². The number of piperazine rings is 1. The number of nitrogens with zero attached hydrogens (tertiary/aromatic N) is 3. The van der Waals surface area contributed by atoms with Crippen molar-refractivity contribution in [2.24, 2.45) is 0 Å². The van der Waals surface area contributed by atoms with Gasteiger partial charge in [0, 0.05) is 32.7 Å². The van der Waals surface area contributed by atoms with Crippen LogP contribution in [0.3, 0.4) is 0 Å². The highest BCUT2D eigenvalue weighted by molar-refractivity contribution is 5.94. The van der Waals surface area contributed by atoms with E-state index >= 15 is 0 Å². The summed E-state index contributed by atoms with van der Waals surface area (Å²) >= 11 is 0. The zero-order valence-corrected chi connectivity index (χ0v) is 16.6. The molecular weight excluding hydrogens is 438 g/mol. The zero-order chi connectivity index (χ0) is 23.1. The van der Waals surface area contributed by atoms with Crippen molar-refractivity contribution in [3.63, 3.8) is 0 Å². The number of para-hydroxylation sites is 2. The summed E-state index contributed by atoms with van der Waals surface area (Å²) in [6, 6.07) is 8.77. The van der Waals surface area contributed by atoms with E-state index in [2.05, 4.69) is 9.97 Å². The number of aromatic amines is 1. The average Bonchev–Trinajstić information content (AvgIpc) is 3.16. The number of aromatic nitrogens is 2. The number of fused-ring (bicyclic) bond motifs is 1. The molecule has 0 atom stereocenters. The van der Waals surface area contributed by atoms with Gasteiger partial charge in [-0.15, -0.1) is 0 Å². The highest BCUT2D eigenvalue weighted by Crippen LogP contribution is 2.36. The number of rotatable bonds is 3. The zero-order valence-electron chi connectivity index (χ0n) is 16.6. The van der Waals surface area contributed by atoms with E-state index in [1.54, 1.807) is 28.0 Å². The standard InChI is InChI=1S/C21H18F6N4O/c22-20(23,24)14-9-13(10-15(11-14)21(25,26)27)12-30-5-7-31(8-6-30)19(32)18-28-16-3-1-2-4-17(16)29-18/h1-4,9-11H,5-8,12H2,(H,28,29). The number of imidazole rings is 1. The number of alkyl halides is 6. The van der Waals surface area contributed by atoms with Crippen LogP contribution in [-0.4, -0.2) is 51.9 Å². The number of hydrogen-bond donors (Lipinski definition) is 1. The molecule has 2 aromatic carbocycles. The quantitative estimate of drug-likeness (QED) is 0.588. The van der Waals surface area contributed by atoms with Crippen LogP contribution in [0.4, 0.5) is 26.3 Å². The maximum Gasteiger partial charge on any atom is 0.416 e. The summed E-state index contributed by atoms with van der Waals surface area (Å²) in [5.74, 6) is -0.119. The van der Waals surface area contributed by atoms with Crippen molar-refractivity contribution in [2.75, 3.05) is 26.2 Å². The van der Waals surface area contributed by atoms with Crippen LogP contribution in [0.25, 0.3) is 11.0 Å². The summed E-state index contributed by atoms with van der Waals surface area (Å²) in [6.07, 6.45) is -9.76. The number of amides is 1. The van der Waals surface area contributed by atoms with E-state index in [4.69, 9.17) is 0 Å². The van der Waals surface area contributed by atoms with Gasteiger partial charge < -0.3 is 9.88 Å². The Labute approximate surface area is 178 Å². The molecule has 0 aliphatic carbocycles. The molecule has 2 heterocycles. The first-order chi connectivity index (χ1) is 15.0. The first kappa shape index (κ1) is 22.1. The Hall–Kier alpha value is -3.08. The van der Waals surface area contributed by atoms with E-state index in [9.17, 15) is 31.1 Å². The average molecular weight is 456 g/mol. The third-order valence-corrected chi connectivity index (χ3v) is 5.31. The summed E-state index contributed by atoms with van der Waals surface area (Å²) in [6.45, 7) is 1.09. The first-order valence-corrected chi connectivity index (χ1v) is 9.75. The van der Waals surface area contributed by atoms with Gasteiger partial charge in [0.2, 0.25) is 0 Å². The smallest absolute Gasteiger partial charge is 0.334 e. The molecule has 1 aromatic heterocycles. The van der Waals surface area contributed by atoms with Crippen molar-refractivity contribution in [1.82, 2.24) is 19.8 Å². The Bertz CT molecular complexity index is 1060. The van der Waals surface area contributed by atoms with Gasteiger partial charge in [-0.2, -0.15) is 26.3 Å². The molecule has 11 heteroatoms. The van der Waals surface area contributed by atoms with Crippen LogP contribution in [0.15, 0.2) is 42.5 Å². The Morgan fingerprint density at radius 1 is 0.906 bits per heavy atom. The Morgan fingerprint density at radius 3 is 2.06 bits per heavy atom. The van der Waals surface area contributed by atoms with Crippen molar-refractivity contribution in [3.8, 4) is 0 Å². The van der Waals surface area contributed by atoms with Gasteiger partial charge >= 0.3 is 12.4 Å². The van der Waals surface area contributed by atoms with Crippen LogP contribution in [0.1, 0.15) is 27.3 Å². The molecule has 1 N–H and O–H groups in total. The molecule has 170 valence electrons. The van der Waals surface area contributed by atoms with E-state index in [0.717, 1.165) is 17.6 Å². The van der Waals surface area contributed by atoms with Crippen molar-refractivity contribution in [3.05, 3.63) is 65.0 Å². The van der Waals surface area contributed by atoms with Crippen molar-refractivity contribution >= 4 is 16.9 Å². The molecule has 1 fully saturated rings. The molecule has 1 amide bonds. The van der Waals surface area contributed by atoms with Gasteiger partial charge in [-0.1, -0.05) is 12.1 Å². The van der Waals surface area contributed by atoms with E-state index in [1.807, 2.05) is 6.07 Å². The second-order valence-corrected chi connectivity index (χ2v) is 7.59. The van der Waals surface area contributed by atoms with Gasteiger partial charge in [-0.3, -0.25) is 9.69 Å². The topological polar surface area (TPSA) is 52.2 Å². The van der Waals surface area contributed by atoms with E-state index in [-0.39, 0.29) is 43.0 Å². The summed E-state index contributed by atoms with van der Waals surface area (Å²) in [5.41, 5.74) is -1.37. The fraction of sp³-hybridized carbons (Fsp3) is 0.333. The minimum Gasteiger partial charge on any atom is -0.334 e. The van der Waals surface area contributed by atoms with Crippen LogP contribution >= 0.6 is 0 Å². The molecule has 0 saturated carbocycles. The highest BCUT2D eigenvalue weighted by Gasteiger charge is 2.37. The fourth-order valence-corrected chi connectivity index (χ4v) is 3.68. The van der Waals surface area contributed by atoms with E-state index < -0.39 is 23.5 Å². The number of carbonyl (C=O) groups excluding carboxylic acids is 1. The number of benzene rings is 2. The second kappa shape index (κ2) is 8.12. The van der Waals surface area contributed by atoms with Crippen molar-refractivity contribution in [2.45, 2.75) is 18.9 Å². The number of hydrogen-bond acceptors (Lipinski definition) is 3. The van der Waals surface area contributed by atoms with Crippen LogP contribution in [0, 0.1) is 0 Å². The lowest BCUT2D eigenvalue weighted by atomic mass is 10.0. The first-order valence-electron chi connectivity index (χ1n) is 9.75. The molecular formula is C21H18F6N4O. The van der Waals surface area contributed by atoms with Crippen LogP contribution in [0.2, 0.25) is 0 Å². The third kappa shape index (κ3) is 4.72. The normalized spacial score (nSPS) is 16.0. The Kier molecular flexibility index (Phi) is 5.61. The van der Waals surface area contributed by atoms with Crippen molar-refractivity contribution < 1.29 is 31.1 Å². The molecule has 0 bridgehead atoms. The number of halogens is 6. The molecule has 5 nitrogen and oxygen atoms in total. The molecule has 3 aromatic rings. The van der Waals surface area contributed by atoms with Crippen LogP contribution < -0.4 is 0 Å². The van der Waals surface area contributed by atoms with Gasteiger partial charge in [-0.25, -0.2) is 4.98 Å². The van der Waals surface area contributed by atoms with Gasteiger partial charge in [0.25, 0.3) is 5.91 Å². The van der Waals surface area contributed by atoms with Crippen molar-refractivity contribution in [1.29, 1.82) is 0 Å². The Morgan fingerprint density at radius 2 is 1.50 bits per heavy atom. The molecule has 0 radical (unpaired) electrons. The maximum atomic E-state index is 13.1. The fourth-order valence-electron chi connectivity index (χ4n) is 3.68. The second-order valence-electron chi connectivity index (χ2n) is 7.59. The predicted octanol–water partition coefficient (Wildman–Crippen LogP) is 4.56. The monoisotopic (exact) mass is 456 g/mol. The van der Waals surface area contributed by atoms with Gasteiger partial charge in [0.1, 0.15) is 0 Å². The minimum atomic E-state index is -4.88. The number of H-pyrrole nitrogens is 1. The molecule has 4 rings (SSSR count). The van der Waals surface area contributed by atoms with Gasteiger partial charge in [0.05, 0.1) is 22.2 Å². The molecule has 1 aliphatic heterocycles. The summed E-state index contributed by atoms with van der Waals surface area (Å²) in [7, 11) is 0. The summed E-state index contributed by atoms with van der Waals surface area (Å²) < 4.78 is 78.4. The number of carbonyl (C=O) groups is 1. The SMILES string of the molecule is O=C(c1nc2ccccc2[nH]1)N1CCN(Cc2cc(C(F)(F)F)cc(C(F)(F)F)c2)CC1. The lowest BCUT2D eigenvalue weighted by Gasteiger charge is -2.34. The highest BCUT2D eigenvalue weighted by atomic mass is 19.4. The predicted molar refractivity (Wildman–Crippen MR) is 104 cm³/mol. The summed E-state index contributed by atoms with van der Waals surface area (Å²) in [4.78, 5) is 23.2. The third-order valence-electron chi connectivity index (χ3n) is 5.31. The Balaban J connectivity index is 1.44.